The fraction of sp³-hybridized carbons (Fsp3) is 0.250. The summed E-state index contributed by atoms with van der Waals surface area (Å²) in [7, 11) is 1.81. The summed E-state index contributed by atoms with van der Waals surface area (Å²) >= 11 is 0. The van der Waals surface area contributed by atoms with Crippen molar-refractivity contribution in [1.29, 1.82) is 0 Å². The number of nitrogens with two attached hydrogens (primary N) is 1. The number of nitrogens with zero attached hydrogens (tertiary/aromatic N) is 1. The van der Waals surface area contributed by atoms with Crippen molar-refractivity contribution in [3.05, 3.63) is 59.2 Å². The molecule has 21 heavy (non-hydrogen) atoms. The molecule has 0 unspecified atom stereocenters. The number of anilines is 2. The highest BCUT2D eigenvalue weighted by atomic mass is 19.4. The van der Waals surface area contributed by atoms with Gasteiger partial charge in [-0.05, 0) is 42.8 Å². The Morgan fingerprint density at radius 1 is 1.05 bits per heavy atom. The maximum Gasteiger partial charge on any atom is 0.416 e. The van der Waals surface area contributed by atoms with E-state index in [2.05, 4.69) is 0 Å². The molecule has 112 valence electrons. The SMILES string of the molecule is Cc1ccc(N(C)c2ccc(C(F)(F)F)cc2CN)cc1. The molecule has 0 aliphatic rings. The van der Waals surface area contributed by atoms with E-state index in [0.29, 0.717) is 11.3 Å². The van der Waals surface area contributed by atoms with Crippen LogP contribution in [0.5, 0.6) is 0 Å². The van der Waals surface area contributed by atoms with Crippen LogP contribution in [0.4, 0.5) is 24.5 Å². The van der Waals surface area contributed by atoms with Gasteiger partial charge in [-0.1, -0.05) is 17.7 Å². The molecule has 0 heterocycles. The molecule has 2 aromatic rings. The standard InChI is InChI=1S/C16H17F3N2/c1-11-3-6-14(7-4-11)21(2)15-8-5-13(16(17,18)19)9-12(15)10-20/h3-9H,10,20H2,1-2H3. The molecule has 0 saturated carbocycles. The van der Waals surface area contributed by atoms with Gasteiger partial charge in [0.1, 0.15) is 0 Å². The smallest absolute Gasteiger partial charge is 0.344 e. The molecule has 0 bridgehead atoms. The minimum absolute atomic E-state index is 0.0510. The van der Waals surface area contributed by atoms with E-state index in [1.807, 2.05) is 43.1 Å². The summed E-state index contributed by atoms with van der Waals surface area (Å²) in [5.41, 5.74) is 8.09. The maximum atomic E-state index is 12.7. The average Bonchev–Trinajstić information content (AvgIpc) is 2.45. The van der Waals surface area contributed by atoms with Crippen LogP contribution in [0.15, 0.2) is 42.5 Å². The van der Waals surface area contributed by atoms with Gasteiger partial charge in [0.25, 0.3) is 0 Å². The van der Waals surface area contributed by atoms with Crippen LogP contribution in [0.1, 0.15) is 16.7 Å². The molecule has 2 nitrogen and oxygen atoms in total. The first-order valence-corrected chi connectivity index (χ1v) is 6.53. The zero-order valence-electron chi connectivity index (χ0n) is 11.9. The zero-order valence-corrected chi connectivity index (χ0v) is 11.9. The predicted molar refractivity (Wildman–Crippen MR) is 78.6 cm³/mol. The molecule has 2 rings (SSSR count). The summed E-state index contributed by atoms with van der Waals surface area (Å²) in [5.74, 6) is 0. The fourth-order valence-corrected chi connectivity index (χ4v) is 2.16. The predicted octanol–water partition coefficient (Wildman–Crippen LogP) is 4.24. The van der Waals surface area contributed by atoms with Crippen LogP contribution in [0.2, 0.25) is 0 Å². The highest BCUT2D eigenvalue weighted by Gasteiger charge is 2.31. The van der Waals surface area contributed by atoms with Crippen LogP contribution >= 0.6 is 0 Å². The van der Waals surface area contributed by atoms with Gasteiger partial charge in [0, 0.05) is 25.0 Å². The Morgan fingerprint density at radius 3 is 2.19 bits per heavy atom. The molecule has 0 aliphatic carbocycles. The van der Waals surface area contributed by atoms with Crippen LogP contribution in [-0.2, 0) is 12.7 Å². The molecule has 0 spiro atoms. The van der Waals surface area contributed by atoms with Gasteiger partial charge in [-0.15, -0.1) is 0 Å². The molecular weight excluding hydrogens is 277 g/mol. The van der Waals surface area contributed by atoms with E-state index >= 15 is 0 Å². The fourth-order valence-electron chi connectivity index (χ4n) is 2.16. The Hall–Kier alpha value is -2.01. The van der Waals surface area contributed by atoms with Crippen LogP contribution in [0.3, 0.4) is 0 Å². The highest BCUT2D eigenvalue weighted by Crippen LogP contribution is 2.34. The highest BCUT2D eigenvalue weighted by molar-refractivity contribution is 5.66. The van der Waals surface area contributed by atoms with Crippen molar-refractivity contribution in [2.45, 2.75) is 19.6 Å². The van der Waals surface area contributed by atoms with Crippen molar-refractivity contribution in [1.82, 2.24) is 0 Å². The van der Waals surface area contributed by atoms with E-state index in [1.165, 1.54) is 6.07 Å². The van der Waals surface area contributed by atoms with Gasteiger partial charge in [-0.3, -0.25) is 0 Å². The lowest BCUT2D eigenvalue weighted by molar-refractivity contribution is -0.137. The third-order valence-corrected chi connectivity index (χ3v) is 3.41. The maximum absolute atomic E-state index is 12.7. The van der Waals surface area contributed by atoms with Gasteiger partial charge in [-0.2, -0.15) is 13.2 Å². The number of hydrogen-bond donors (Lipinski definition) is 1. The first kappa shape index (κ1) is 15.4. The number of rotatable bonds is 3. The van der Waals surface area contributed by atoms with Gasteiger partial charge in [0.05, 0.1) is 5.56 Å². The molecule has 0 atom stereocenters. The first-order chi connectivity index (χ1) is 9.82. The number of hydrogen-bond acceptors (Lipinski definition) is 2. The second-order valence-corrected chi connectivity index (χ2v) is 4.94. The summed E-state index contributed by atoms with van der Waals surface area (Å²) in [6.45, 7) is 2.03. The van der Waals surface area contributed by atoms with Crippen molar-refractivity contribution in [2.24, 2.45) is 5.73 Å². The van der Waals surface area contributed by atoms with E-state index in [9.17, 15) is 13.2 Å². The molecule has 0 aromatic heterocycles. The zero-order chi connectivity index (χ0) is 15.6. The first-order valence-electron chi connectivity index (χ1n) is 6.53. The summed E-state index contributed by atoms with van der Waals surface area (Å²) < 4.78 is 38.2. The monoisotopic (exact) mass is 294 g/mol. The summed E-state index contributed by atoms with van der Waals surface area (Å²) in [4.78, 5) is 1.84. The lowest BCUT2D eigenvalue weighted by atomic mass is 10.1. The quantitative estimate of drug-likeness (QED) is 0.917. The molecule has 5 heteroatoms. The molecule has 0 saturated heterocycles. The number of alkyl halides is 3. The van der Waals surface area contributed by atoms with Crippen LogP contribution in [-0.4, -0.2) is 7.05 Å². The van der Waals surface area contributed by atoms with Gasteiger partial charge in [0.2, 0.25) is 0 Å². The third-order valence-electron chi connectivity index (χ3n) is 3.41. The molecule has 2 aromatic carbocycles. The molecule has 0 aliphatic heterocycles. The minimum atomic E-state index is -4.36. The Morgan fingerprint density at radius 2 is 1.67 bits per heavy atom. The third kappa shape index (κ3) is 3.36. The normalized spacial score (nSPS) is 11.5. The molecule has 0 amide bonds. The van der Waals surface area contributed by atoms with Crippen molar-refractivity contribution >= 4 is 11.4 Å². The van der Waals surface area contributed by atoms with E-state index in [4.69, 9.17) is 5.73 Å². The van der Waals surface area contributed by atoms with E-state index < -0.39 is 11.7 Å². The largest absolute Gasteiger partial charge is 0.416 e. The molecule has 0 radical (unpaired) electrons. The molecular formula is C16H17F3N2. The van der Waals surface area contributed by atoms with Crippen LogP contribution < -0.4 is 10.6 Å². The second kappa shape index (κ2) is 5.77. The number of halogens is 3. The Balaban J connectivity index is 2.41. The Kier molecular flexibility index (Phi) is 4.23. The average molecular weight is 294 g/mol. The van der Waals surface area contributed by atoms with Crippen LogP contribution in [0.25, 0.3) is 0 Å². The van der Waals surface area contributed by atoms with Gasteiger partial charge >= 0.3 is 6.18 Å². The molecule has 0 fully saturated rings. The van der Waals surface area contributed by atoms with E-state index in [1.54, 1.807) is 0 Å². The van der Waals surface area contributed by atoms with E-state index in [-0.39, 0.29) is 6.54 Å². The van der Waals surface area contributed by atoms with Crippen molar-refractivity contribution in [3.8, 4) is 0 Å². The summed E-state index contributed by atoms with van der Waals surface area (Å²) in [6, 6.07) is 11.4. The Bertz CT molecular complexity index is 618. The number of aryl methyl sites for hydroxylation is 1. The topological polar surface area (TPSA) is 29.3 Å². The van der Waals surface area contributed by atoms with Gasteiger partial charge < -0.3 is 10.6 Å². The molecule has 2 N–H and O–H groups in total. The lowest BCUT2D eigenvalue weighted by Gasteiger charge is -2.23. The summed E-state index contributed by atoms with van der Waals surface area (Å²) in [5, 5.41) is 0. The number of benzene rings is 2. The van der Waals surface area contributed by atoms with Crippen molar-refractivity contribution < 1.29 is 13.2 Å². The minimum Gasteiger partial charge on any atom is -0.344 e. The van der Waals surface area contributed by atoms with Crippen molar-refractivity contribution in [3.63, 3.8) is 0 Å². The van der Waals surface area contributed by atoms with Gasteiger partial charge in [-0.25, -0.2) is 0 Å². The van der Waals surface area contributed by atoms with E-state index in [0.717, 1.165) is 23.4 Å². The van der Waals surface area contributed by atoms with Gasteiger partial charge in [0.15, 0.2) is 0 Å². The van der Waals surface area contributed by atoms with Crippen LogP contribution in [0, 0.1) is 6.92 Å². The lowest BCUT2D eigenvalue weighted by Crippen LogP contribution is -2.15. The van der Waals surface area contributed by atoms with Crippen molar-refractivity contribution in [2.75, 3.05) is 11.9 Å². The second-order valence-electron chi connectivity index (χ2n) is 4.94. The Labute approximate surface area is 122 Å². The summed E-state index contributed by atoms with van der Waals surface area (Å²) in [6.07, 6.45) is -4.36.